The molecule has 0 bridgehead atoms. The van der Waals surface area contributed by atoms with Crippen LogP contribution in [-0.4, -0.2) is 55.4 Å². The van der Waals surface area contributed by atoms with E-state index in [-0.39, 0.29) is 41.3 Å². The Balaban J connectivity index is 0.936. The number of benzene rings is 3. The number of ether oxygens (including phenoxy) is 1. The second-order valence-electron chi connectivity index (χ2n) is 15.4. The molecule has 1 N–H and O–H groups in total. The normalized spacial score (nSPS) is 16.6. The Bertz CT molecular complexity index is 2470. The van der Waals surface area contributed by atoms with Crippen molar-refractivity contribution < 1.29 is 23.5 Å². The summed E-state index contributed by atoms with van der Waals surface area (Å²) in [6, 6.07) is 21.0. The molecule has 9 nitrogen and oxygen atoms in total. The first-order chi connectivity index (χ1) is 27.2. The van der Waals surface area contributed by atoms with Gasteiger partial charge in [-0.15, -0.1) is 11.3 Å². The molecule has 56 heavy (non-hydrogen) atoms. The summed E-state index contributed by atoms with van der Waals surface area (Å²) < 4.78 is 21.6. The molecule has 5 aromatic rings. The average Bonchev–Trinajstić information content (AvgIpc) is 3.81. The molecule has 0 saturated carbocycles. The second kappa shape index (κ2) is 14.4. The molecule has 9 rings (SSSR count). The van der Waals surface area contributed by atoms with E-state index in [4.69, 9.17) is 16.3 Å². The number of anilines is 3. The lowest BCUT2D eigenvalue weighted by Crippen LogP contribution is -2.59. The molecule has 4 aliphatic rings. The lowest BCUT2D eigenvalue weighted by Gasteiger charge is -2.53. The first-order valence-corrected chi connectivity index (χ1v) is 20.0. The maximum absolute atomic E-state index is 16.0. The zero-order valence-electron chi connectivity index (χ0n) is 31.1. The van der Waals surface area contributed by atoms with E-state index >= 15 is 4.39 Å². The van der Waals surface area contributed by atoms with Crippen LogP contribution >= 0.6 is 11.3 Å². The number of rotatable bonds is 7. The van der Waals surface area contributed by atoms with Gasteiger partial charge in [0.15, 0.2) is 11.5 Å². The number of carbonyl (C=O) groups excluding carboxylic acids is 3. The topological polar surface area (TPSA) is 96.2 Å². The number of pyridine rings is 1. The standard InChI is InChI=1S/C45H40FN5O4S/c1-27-7-5-11-37(47-2)33(27)24-39(52)40-22-29-15-18-51(38-12-4-3-9-32(38)41(29)56-40)44(54)31-14-13-30(23-35(31)46)48-43(53)34-21-28-8-6-10-36(28)49-42(34)50-25-45(26-50)16-19-55-20-17-45/h3-5,7,9,11-14,21-23H,6,8,10,15-20,24-26H2,1H3,(H,48,53). The fourth-order valence-electron chi connectivity index (χ4n) is 8.73. The highest BCUT2D eigenvalue weighted by molar-refractivity contribution is 7.17. The Labute approximate surface area is 329 Å². The fraction of sp³-hybridized carbons (Fsp3) is 0.311. The summed E-state index contributed by atoms with van der Waals surface area (Å²) in [4.78, 5) is 55.4. The van der Waals surface area contributed by atoms with Gasteiger partial charge >= 0.3 is 0 Å². The highest BCUT2D eigenvalue weighted by Crippen LogP contribution is 2.44. The van der Waals surface area contributed by atoms with Crippen molar-refractivity contribution in [3.63, 3.8) is 0 Å². The lowest BCUT2D eigenvalue weighted by molar-refractivity contribution is -0.000521. The number of amides is 2. The minimum absolute atomic E-state index is 0.0606. The number of Topliss-reactive ketones (excluding diaryl/α,β-unsaturated/α-hetero) is 1. The first kappa shape index (κ1) is 36.0. The Hall–Kier alpha value is -5.70. The third-order valence-corrected chi connectivity index (χ3v) is 13.1. The van der Waals surface area contributed by atoms with Gasteiger partial charge in [-0.3, -0.25) is 14.4 Å². The van der Waals surface area contributed by atoms with Crippen LogP contribution in [0.15, 0.2) is 72.8 Å². The fourth-order valence-corrected chi connectivity index (χ4v) is 9.91. The summed E-state index contributed by atoms with van der Waals surface area (Å²) in [5.74, 6) is -0.962. The van der Waals surface area contributed by atoms with Crippen LogP contribution in [-0.2, 0) is 30.4 Å². The molecular weight excluding hydrogens is 726 g/mol. The average molecular weight is 766 g/mol. The maximum Gasteiger partial charge on any atom is 0.261 e. The minimum Gasteiger partial charge on any atom is -0.381 e. The van der Waals surface area contributed by atoms with Crippen LogP contribution in [0.4, 0.5) is 27.3 Å². The maximum atomic E-state index is 16.0. The number of para-hydroxylation sites is 1. The summed E-state index contributed by atoms with van der Waals surface area (Å²) in [7, 11) is 0. The van der Waals surface area contributed by atoms with Crippen LogP contribution in [0.5, 0.6) is 0 Å². The Morgan fingerprint density at radius 3 is 2.59 bits per heavy atom. The summed E-state index contributed by atoms with van der Waals surface area (Å²) >= 11 is 1.38. The van der Waals surface area contributed by atoms with E-state index in [1.807, 2.05) is 55.5 Å². The molecule has 2 aromatic heterocycles. The van der Waals surface area contributed by atoms with Crippen molar-refractivity contribution >= 4 is 51.8 Å². The quantitative estimate of drug-likeness (QED) is 0.132. The van der Waals surface area contributed by atoms with Crippen LogP contribution in [0, 0.1) is 24.7 Å². The van der Waals surface area contributed by atoms with Crippen LogP contribution in [0.2, 0.25) is 0 Å². The molecule has 3 aromatic carbocycles. The predicted octanol–water partition coefficient (Wildman–Crippen LogP) is 8.79. The van der Waals surface area contributed by atoms with Crippen LogP contribution in [0.3, 0.4) is 0 Å². The first-order valence-electron chi connectivity index (χ1n) is 19.2. The Morgan fingerprint density at radius 1 is 0.964 bits per heavy atom. The van der Waals surface area contributed by atoms with E-state index in [2.05, 4.69) is 15.1 Å². The molecular formula is C45H40FN5O4S. The highest BCUT2D eigenvalue weighted by Gasteiger charge is 2.45. The second-order valence-corrected chi connectivity index (χ2v) is 16.5. The number of hydrogen-bond acceptors (Lipinski definition) is 7. The molecule has 1 spiro atoms. The number of hydrogen-bond donors (Lipinski definition) is 1. The summed E-state index contributed by atoms with van der Waals surface area (Å²) in [6.45, 7) is 12.9. The molecule has 5 heterocycles. The van der Waals surface area contributed by atoms with Gasteiger partial charge in [0.05, 0.1) is 28.3 Å². The number of carbonyl (C=O) groups is 3. The predicted molar refractivity (Wildman–Crippen MR) is 216 cm³/mol. The SMILES string of the molecule is [C-]#[N+]c1cccc(C)c1CC(=O)c1cc2c(s1)-c1ccccc1N(C(=O)c1ccc(NC(=O)c3cc4c(nc3N3CC5(CCOCC5)C3)CCC4)cc1F)CC2. The Kier molecular flexibility index (Phi) is 9.26. The number of nitrogens with zero attached hydrogens (tertiary/aromatic N) is 4. The molecule has 2 saturated heterocycles. The van der Waals surface area contributed by atoms with Gasteiger partial charge in [0.1, 0.15) is 11.6 Å². The molecule has 0 unspecified atom stereocenters. The number of fused-ring (bicyclic) bond motifs is 4. The molecule has 11 heteroatoms. The summed E-state index contributed by atoms with van der Waals surface area (Å²) in [5.41, 5.74) is 7.46. The largest absolute Gasteiger partial charge is 0.381 e. The molecule has 1 aliphatic carbocycles. The van der Waals surface area contributed by atoms with E-state index in [9.17, 15) is 14.4 Å². The molecule has 2 amide bonds. The van der Waals surface area contributed by atoms with Crippen LogP contribution in [0.1, 0.15) is 77.6 Å². The van der Waals surface area contributed by atoms with Gasteiger partial charge in [-0.05, 0) is 98.5 Å². The van der Waals surface area contributed by atoms with Gasteiger partial charge in [-0.2, -0.15) is 0 Å². The number of aromatic nitrogens is 1. The van der Waals surface area contributed by atoms with E-state index < -0.39 is 11.7 Å². The number of ketones is 1. The van der Waals surface area contributed by atoms with Gasteiger partial charge < -0.3 is 19.9 Å². The Morgan fingerprint density at radius 2 is 1.79 bits per heavy atom. The highest BCUT2D eigenvalue weighted by atomic mass is 32.1. The van der Waals surface area contributed by atoms with Crippen molar-refractivity contribution in [1.82, 2.24) is 4.98 Å². The number of aryl methyl sites for hydroxylation is 3. The van der Waals surface area contributed by atoms with Gasteiger partial charge in [0.25, 0.3) is 11.8 Å². The van der Waals surface area contributed by atoms with Crippen molar-refractivity contribution in [2.45, 2.75) is 51.9 Å². The number of thiophene rings is 1. The number of nitrogens with one attached hydrogen (secondary N) is 1. The van der Waals surface area contributed by atoms with Crippen molar-refractivity contribution in [3.8, 4) is 10.4 Å². The van der Waals surface area contributed by atoms with Gasteiger partial charge in [-0.25, -0.2) is 14.2 Å². The van der Waals surface area contributed by atoms with Gasteiger partial charge in [0, 0.05) is 66.5 Å². The third-order valence-electron chi connectivity index (χ3n) is 11.9. The van der Waals surface area contributed by atoms with Crippen molar-refractivity contribution in [2.75, 3.05) is 48.0 Å². The van der Waals surface area contributed by atoms with E-state index in [0.717, 1.165) is 96.8 Å². The molecule has 2 fully saturated rings. The monoisotopic (exact) mass is 765 g/mol. The third kappa shape index (κ3) is 6.46. The van der Waals surface area contributed by atoms with E-state index in [1.54, 1.807) is 17.0 Å². The summed E-state index contributed by atoms with van der Waals surface area (Å²) in [5, 5.41) is 2.89. The van der Waals surface area contributed by atoms with Crippen LogP contribution < -0.4 is 15.1 Å². The van der Waals surface area contributed by atoms with E-state index in [0.29, 0.717) is 34.1 Å². The zero-order chi connectivity index (χ0) is 38.6. The molecule has 0 atom stereocenters. The minimum atomic E-state index is -0.733. The molecule has 282 valence electrons. The van der Waals surface area contributed by atoms with Crippen molar-refractivity contribution in [1.29, 1.82) is 0 Å². The zero-order valence-corrected chi connectivity index (χ0v) is 31.9. The summed E-state index contributed by atoms with van der Waals surface area (Å²) in [6.07, 6.45) is 5.38. The molecule has 3 aliphatic heterocycles. The van der Waals surface area contributed by atoms with Gasteiger partial charge in [0.2, 0.25) is 0 Å². The lowest BCUT2D eigenvalue weighted by atomic mass is 9.73. The van der Waals surface area contributed by atoms with Crippen molar-refractivity contribution in [3.05, 3.63) is 134 Å². The smallest absolute Gasteiger partial charge is 0.261 e. The van der Waals surface area contributed by atoms with Crippen molar-refractivity contribution in [2.24, 2.45) is 5.41 Å². The van der Waals surface area contributed by atoms with Crippen LogP contribution in [0.25, 0.3) is 15.3 Å². The van der Waals surface area contributed by atoms with Gasteiger partial charge in [-0.1, -0.05) is 42.0 Å². The van der Waals surface area contributed by atoms with E-state index in [1.165, 1.54) is 23.5 Å². The number of halogens is 1. The molecule has 0 radical (unpaired) electrons.